The molecule has 0 radical (unpaired) electrons. The van der Waals surface area contributed by atoms with Crippen LogP contribution in [0.1, 0.15) is 142 Å². The number of carbonyl (C=O) groups excluding carboxylic acids is 1. The summed E-state index contributed by atoms with van der Waals surface area (Å²) >= 11 is 0. The van der Waals surface area contributed by atoms with E-state index in [1.165, 1.54) is 38.5 Å². The van der Waals surface area contributed by atoms with E-state index >= 15 is 0 Å². The average molecular weight is 631 g/mol. The van der Waals surface area contributed by atoms with Gasteiger partial charge >= 0.3 is 5.97 Å². The summed E-state index contributed by atoms with van der Waals surface area (Å²) in [6, 6.07) is 0. The first-order valence-corrected chi connectivity index (χ1v) is 17.7. The fraction of sp³-hybridized carbons (Fsp3) is 0.914. The second-order valence-corrected chi connectivity index (χ2v) is 12.8. The number of ether oxygens (including phenoxy) is 3. The third kappa shape index (κ3) is 22.4. The van der Waals surface area contributed by atoms with Crippen molar-refractivity contribution in [2.24, 2.45) is 0 Å². The zero-order chi connectivity index (χ0) is 32.4. The molecule has 260 valence electrons. The lowest BCUT2D eigenvalue weighted by Crippen LogP contribution is -2.36. The Labute approximate surface area is 267 Å². The molecule has 1 aliphatic rings. The number of aliphatic hydroxyl groups excluding tert-OH is 5. The van der Waals surface area contributed by atoms with E-state index in [-0.39, 0.29) is 44.6 Å². The highest BCUT2D eigenvalue weighted by Gasteiger charge is 2.21. The van der Waals surface area contributed by atoms with Crippen LogP contribution < -0.4 is 0 Å². The predicted octanol–water partition coefficient (Wildman–Crippen LogP) is 5.52. The molecule has 0 aromatic carbocycles. The van der Waals surface area contributed by atoms with Gasteiger partial charge in [-0.05, 0) is 51.5 Å². The van der Waals surface area contributed by atoms with E-state index in [1.54, 1.807) is 0 Å². The molecule has 5 N–H and O–H groups in total. The first kappa shape index (κ1) is 41.0. The normalized spacial score (nSPS) is 18.6. The number of carbonyl (C=O) groups is 1. The number of rotatable bonds is 31. The summed E-state index contributed by atoms with van der Waals surface area (Å²) < 4.78 is 15.9. The molecule has 1 rings (SSSR count). The topological polar surface area (TPSA) is 146 Å². The Bertz CT molecular complexity index is 716. The van der Waals surface area contributed by atoms with Gasteiger partial charge in [0.15, 0.2) is 0 Å². The van der Waals surface area contributed by atoms with Crippen LogP contribution >= 0.6 is 0 Å². The third-order valence-corrected chi connectivity index (χ3v) is 8.33. The van der Waals surface area contributed by atoms with Crippen molar-refractivity contribution >= 4 is 5.97 Å². The number of esters is 1. The summed E-state index contributed by atoms with van der Waals surface area (Å²) in [6.45, 7) is 4.10. The van der Waals surface area contributed by atoms with Crippen molar-refractivity contribution in [1.29, 1.82) is 0 Å². The van der Waals surface area contributed by atoms with Crippen molar-refractivity contribution in [1.82, 2.24) is 0 Å². The van der Waals surface area contributed by atoms with Crippen molar-refractivity contribution in [3.8, 4) is 0 Å². The van der Waals surface area contributed by atoms with Crippen LogP contribution in [0, 0.1) is 0 Å². The number of cyclic esters (lactones) is 1. The van der Waals surface area contributed by atoms with Crippen LogP contribution in [0.15, 0.2) is 11.6 Å². The van der Waals surface area contributed by atoms with Gasteiger partial charge in [-0.1, -0.05) is 96.8 Å². The van der Waals surface area contributed by atoms with Crippen molar-refractivity contribution in [3.63, 3.8) is 0 Å². The summed E-state index contributed by atoms with van der Waals surface area (Å²) in [5, 5.41) is 50.6. The Morgan fingerprint density at radius 1 is 0.614 bits per heavy atom. The molecule has 9 heteroatoms. The molecule has 44 heavy (non-hydrogen) atoms. The monoisotopic (exact) mass is 630 g/mol. The van der Waals surface area contributed by atoms with E-state index in [9.17, 15) is 30.3 Å². The van der Waals surface area contributed by atoms with Gasteiger partial charge in [-0.25, -0.2) is 4.79 Å². The minimum atomic E-state index is -1.13. The van der Waals surface area contributed by atoms with E-state index in [0.29, 0.717) is 19.3 Å². The third-order valence-electron chi connectivity index (χ3n) is 8.33. The Kier molecular flexibility index (Phi) is 25.2. The van der Waals surface area contributed by atoms with Crippen molar-refractivity contribution in [2.75, 3.05) is 26.4 Å². The molecule has 0 saturated heterocycles. The zero-order valence-electron chi connectivity index (χ0n) is 27.9. The quantitative estimate of drug-likeness (QED) is 0.0494. The van der Waals surface area contributed by atoms with Crippen LogP contribution in [0.5, 0.6) is 0 Å². The van der Waals surface area contributed by atoms with Gasteiger partial charge in [-0.2, -0.15) is 0 Å². The molecule has 0 aliphatic carbocycles. The van der Waals surface area contributed by atoms with Gasteiger partial charge in [0.2, 0.25) is 0 Å². The molecular weight excluding hydrogens is 564 g/mol. The Hall–Kier alpha value is -1.07. The van der Waals surface area contributed by atoms with Gasteiger partial charge in [0.25, 0.3) is 0 Å². The summed E-state index contributed by atoms with van der Waals surface area (Å²) in [6.07, 6.45) is 18.0. The molecule has 1 aliphatic heterocycles. The molecule has 0 spiro atoms. The van der Waals surface area contributed by atoms with Crippen LogP contribution in [-0.2, 0) is 19.0 Å². The lowest BCUT2D eigenvalue weighted by molar-refractivity contribution is -0.139. The van der Waals surface area contributed by atoms with E-state index in [4.69, 9.17) is 14.2 Å². The van der Waals surface area contributed by atoms with Gasteiger partial charge < -0.3 is 39.7 Å². The maximum Gasteiger partial charge on any atom is 0.334 e. The average Bonchev–Trinajstić information content (AvgIpc) is 3.32. The first-order valence-electron chi connectivity index (χ1n) is 17.7. The summed E-state index contributed by atoms with van der Waals surface area (Å²) in [5.74, 6) is -0.173. The molecule has 0 bridgehead atoms. The Morgan fingerprint density at radius 3 is 1.48 bits per heavy atom. The number of hydrogen-bond donors (Lipinski definition) is 5. The highest BCUT2D eigenvalue weighted by Crippen LogP contribution is 2.20. The fourth-order valence-corrected chi connectivity index (χ4v) is 5.50. The summed E-state index contributed by atoms with van der Waals surface area (Å²) in [7, 11) is 0. The minimum absolute atomic E-state index is 0.0714. The molecule has 0 aromatic heterocycles. The molecule has 1 heterocycles. The molecule has 0 aromatic rings. The van der Waals surface area contributed by atoms with Gasteiger partial charge in [-0.3, -0.25) is 0 Å². The Balaban J connectivity index is 1.91. The number of hydrogen-bond acceptors (Lipinski definition) is 9. The second-order valence-electron chi connectivity index (χ2n) is 12.8. The lowest BCUT2D eigenvalue weighted by Gasteiger charge is -2.20. The van der Waals surface area contributed by atoms with E-state index in [0.717, 1.165) is 76.2 Å². The summed E-state index contributed by atoms with van der Waals surface area (Å²) in [4.78, 5) is 11.6. The zero-order valence-corrected chi connectivity index (χ0v) is 27.9. The van der Waals surface area contributed by atoms with E-state index in [1.807, 2.05) is 13.0 Å². The van der Waals surface area contributed by atoms with Gasteiger partial charge in [0.05, 0.1) is 44.7 Å². The Morgan fingerprint density at radius 2 is 1.02 bits per heavy atom. The van der Waals surface area contributed by atoms with Crippen LogP contribution in [0.25, 0.3) is 0 Å². The van der Waals surface area contributed by atoms with Crippen LogP contribution in [0.3, 0.4) is 0 Å². The maximum atomic E-state index is 11.6. The van der Waals surface area contributed by atoms with Gasteiger partial charge in [0.1, 0.15) is 18.3 Å². The molecule has 0 amide bonds. The molecular formula is C35H66O9. The summed E-state index contributed by atoms with van der Waals surface area (Å²) in [5.41, 5.74) is 0.804. The van der Waals surface area contributed by atoms with Crippen LogP contribution in [0.2, 0.25) is 0 Å². The van der Waals surface area contributed by atoms with E-state index in [2.05, 4.69) is 6.92 Å². The standard InChI is InChI=1S/C35H66O9/c1-3-4-5-6-7-8-11-15-21-31(37)24-42-26-33(39)34(40)27-43-25-32(38)22-17-16-20-30(36)19-14-12-9-10-13-18-29-23-28(2)44-35(29)41/h23,28,30-34,36-40H,3-22,24-27H2,1-2H3/t28-,30-,31-,32-,33+,34+/m0/s1. The van der Waals surface area contributed by atoms with Gasteiger partial charge in [0, 0.05) is 5.57 Å². The fourth-order valence-electron chi connectivity index (χ4n) is 5.50. The van der Waals surface area contributed by atoms with Crippen LogP contribution in [0.4, 0.5) is 0 Å². The molecule has 0 fully saturated rings. The number of aliphatic hydroxyl groups is 5. The molecule has 9 nitrogen and oxygen atoms in total. The molecule has 0 unspecified atom stereocenters. The predicted molar refractivity (Wildman–Crippen MR) is 173 cm³/mol. The number of unbranched alkanes of at least 4 members (excludes halogenated alkanes) is 12. The van der Waals surface area contributed by atoms with E-state index < -0.39 is 24.4 Å². The van der Waals surface area contributed by atoms with Crippen molar-refractivity contribution in [3.05, 3.63) is 11.6 Å². The van der Waals surface area contributed by atoms with Crippen LogP contribution in [-0.4, -0.2) is 94.6 Å². The van der Waals surface area contributed by atoms with Crippen molar-refractivity contribution in [2.45, 2.75) is 179 Å². The molecule has 0 saturated carbocycles. The largest absolute Gasteiger partial charge is 0.455 e. The lowest BCUT2D eigenvalue weighted by atomic mass is 10.0. The first-order chi connectivity index (χ1) is 21.2. The smallest absolute Gasteiger partial charge is 0.334 e. The highest BCUT2D eigenvalue weighted by atomic mass is 16.5. The van der Waals surface area contributed by atoms with Gasteiger partial charge in [-0.15, -0.1) is 0 Å². The second kappa shape index (κ2) is 27.1. The minimum Gasteiger partial charge on any atom is -0.455 e. The molecule has 6 atom stereocenters. The van der Waals surface area contributed by atoms with Crippen molar-refractivity contribution < 1.29 is 44.5 Å². The SMILES string of the molecule is CCCCCCCCCC[C@H](O)COC[C@@H](O)[C@H](O)COC[C@@H](O)CCCC[C@@H](O)CCCCCCCC1=C[C@H](C)OC1=O. The maximum absolute atomic E-state index is 11.6. The highest BCUT2D eigenvalue weighted by molar-refractivity contribution is 5.90.